The number of nitrogens with zero attached hydrogens (tertiary/aromatic N) is 1. The van der Waals surface area contributed by atoms with E-state index in [2.05, 4.69) is 0 Å². The van der Waals surface area contributed by atoms with Crippen LogP contribution in [-0.4, -0.2) is 44.9 Å². The summed E-state index contributed by atoms with van der Waals surface area (Å²) < 4.78 is 6.31. The fraction of sp³-hybridized carbons (Fsp3) is 0.545. The van der Waals surface area contributed by atoms with Gasteiger partial charge in [-0.3, -0.25) is 19.1 Å². The number of rotatable bonds is 3. The molecule has 1 aliphatic heterocycles. The summed E-state index contributed by atoms with van der Waals surface area (Å²) in [5.74, 6) is -0.381. The lowest BCUT2D eigenvalue weighted by molar-refractivity contribution is -0.0535. The lowest BCUT2D eigenvalue weighted by Gasteiger charge is -2.17. The Kier molecular flexibility index (Phi) is 3.65. The summed E-state index contributed by atoms with van der Waals surface area (Å²) in [5, 5.41) is 19.1. The number of aromatic amines is 1. The van der Waals surface area contributed by atoms with Gasteiger partial charge in [-0.05, 0) is 0 Å². The monoisotopic (exact) mass is 270 g/mol. The van der Waals surface area contributed by atoms with Crippen molar-refractivity contribution in [2.75, 3.05) is 6.61 Å². The molecule has 0 radical (unpaired) electrons. The van der Waals surface area contributed by atoms with Crippen molar-refractivity contribution in [3.05, 3.63) is 32.6 Å². The van der Waals surface area contributed by atoms with E-state index in [1.807, 2.05) is 4.98 Å². The number of nitrogens with one attached hydrogen (secondary N) is 1. The number of ether oxygens (including phenoxy) is 1. The zero-order valence-electron chi connectivity index (χ0n) is 10.1. The molecule has 0 aromatic carbocycles. The van der Waals surface area contributed by atoms with Gasteiger partial charge in [0.15, 0.2) is 12.5 Å². The van der Waals surface area contributed by atoms with Crippen LogP contribution in [0.2, 0.25) is 0 Å². The molecule has 1 fully saturated rings. The maximum atomic E-state index is 11.7. The number of hydrogen-bond acceptors (Lipinski definition) is 6. The van der Waals surface area contributed by atoms with Gasteiger partial charge in [-0.1, -0.05) is 6.92 Å². The summed E-state index contributed by atoms with van der Waals surface area (Å²) in [4.78, 5) is 35.6. The first-order valence-corrected chi connectivity index (χ1v) is 5.74. The van der Waals surface area contributed by atoms with Gasteiger partial charge in [0.1, 0.15) is 6.10 Å². The van der Waals surface area contributed by atoms with Gasteiger partial charge in [0.05, 0.1) is 18.3 Å². The van der Waals surface area contributed by atoms with Gasteiger partial charge in [0, 0.05) is 12.1 Å². The number of carbonyl (C=O) groups excluding carboxylic acids is 1. The van der Waals surface area contributed by atoms with Crippen LogP contribution in [0, 0.1) is 5.92 Å². The molecule has 1 aliphatic rings. The van der Waals surface area contributed by atoms with Crippen LogP contribution in [0.4, 0.5) is 0 Å². The van der Waals surface area contributed by atoms with Crippen molar-refractivity contribution in [2.24, 2.45) is 5.92 Å². The summed E-state index contributed by atoms with van der Waals surface area (Å²) >= 11 is 0. The normalized spacial score (nSPS) is 30.5. The maximum Gasteiger partial charge on any atom is 0.330 e. The van der Waals surface area contributed by atoms with Gasteiger partial charge < -0.3 is 14.9 Å². The molecule has 0 bridgehead atoms. The first kappa shape index (κ1) is 13.7. The van der Waals surface area contributed by atoms with Crippen LogP contribution in [0.1, 0.15) is 23.5 Å². The second-order valence-electron chi connectivity index (χ2n) is 4.47. The first-order chi connectivity index (χ1) is 8.99. The van der Waals surface area contributed by atoms with Gasteiger partial charge in [-0.15, -0.1) is 0 Å². The van der Waals surface area contributed by atoms with Crippen LogP contribution < -0.4 is 11.2 Å². The van der Waals surface area contributed by atoms with Crippen molar-refractivity contribution in [3.63, 3.8) is 0 Å². The summed E-state index contributed by atoms with van der Waals surface area (Å²) in [6.07, 6.45) is -1.34. The van der Waals surface area contributed by atoms with Crippen LogP contribution in [-0.2, 0) is 4.74 Å². The molecule has 8 nitrogen and oxygen atoms in total. The van der Waals surface area contributed by atoms with E-state index >= 15 is 0 Å². The lowest BCUT2D eigenvalue weighted by atomic mass is 10.0. The molecule has 0 aliphatic carbocycles. The SMILES string of the molecule is C[C@@H]1[C@@H](CO)OC(n2cc(C=O)c(=O)[nH]c2=O)[C@@H]1O. The van der Waals surface area contributed by atoms with Gasteiger partial charge in [-0.25, -0.2) is 4.79 Å². The number of aldehydes is 1. The van der Waals surface area contributed by atoms with E-state index in [9.17, 15) is 19.5 Å². The van der Waals surface area contributed by atoms with E-state index in [0.29, 0.717) is 6.29 Å². The van der Waals surface area contributed by atoms with Crippen LogP contribution in [0.5, 0.6) is 0 Å². The van der Waals surface area contributed by atoms with Gasteiger partial charge in [0.25, 0.3) is 5.56 Å². The Bertz CT molecular complexity index is 592. The molecule has 19 heavy (non-hydrogen) atoms. The predicted molar refractivity (Wildman–Crippen MR) is 62.9 cm³/mol. The number of H-pyrrole nitrogens is 1. The quantitative estimate of drug-likeness (QED) is 0.559. The Hall–Kier alpha value is -1.77. The molecular weight excluding hydrogens is 256 g/mol. The lowest BCUT2D eigenvalue weighted by Crippen LogP contribution is -2.37. The van der Waals surface area contributed by atoms with E-state index in [1.165, 1.54) is 0 Å². The number of aromatic nitrogens is 2. The topological polar surface area (TPSA) is 122 Å². The molecule has 1 saturated heterocycles. The van der Waals surface area contributed by atoms with E-state index in [4.69, 9.17) is 9.84 Å². The second kappa shape index (κ2) is 5.08. The zero-order valence-corrected chi connectivity index (χ0v) is 10.1. The van der Waals surface area contributed by atoms with E-state index in [-0.39, 0.29) is 18.1 Å². The molecule has 1 aromatic rings. The van der Waals surface area contributed by atoms with Crippen LogP contribution in [0.15, 0.2) is 15.8 Å². The molecule has 1 aromatic heterocycles. The molecule has 0 amide bonds. The Morgan fingerprint density at radius 2 is 2.21 bits per heavy atom. The van der Waals surface area contributed by atoms with Crippen molar-refractivity contribution in [2.45, 2.75) is 25.4 Å². The molecule has 0 saturated carbocycles. The molecule has 1 unspecified atom stereocenters. The average Bonchev–Trinajstić information content (AvgIpc) is 2.67. The highest BCUT2D eigenvalue weighted by Crippen LogP contribution is 2.32. The Morgan fingerprint density at radius 3 is 2.74 bits per heavy atom. The molecule has 2 heterocycles. The molecule has 3 N–H and O–H groups in total. The second-order valence-corrected chi connectivity index (χ2v) is 4.47. The summed E-state index contributed by atoms with van der Waals surface area (Å²) in [6.45, 7) is 1.37. The fourth-order valence-corrected chi connectivity index (χ4v) is 2.08. The smallest absolute Gasteiger partial charge is 0.330 e. The zero-order chi connectivity index (χ0) is 14.2. The largest absolute Gasteiger partial charge is 0.394 e. The average molecular weight is 270 g/mol. The van der Waals surface area contributed by atoms with Crippen molar-refractivity contribution < 1.29 is 19.7 Å². The first-order valence-electron chi connectivity index (χ1n) is 5.74. The standard InChI is InChI=1S/C11H14N2O6/c1-5-7(4-15)19-10(8(5)16)13-2-6(3-14)9(17)12-11(13)18/h2-3,5,7-8,10,15-16H,4H2,1H3,(H,12,17,18)/t5-,7-,8-,10?/m1/s1. The van der Waals surface area contributed by atoms with E-state index in [0.717, 1.165) is 10.8 Å². The third-order valence-electron chi connectivity index (χ3n) is 3.31. The Morgan fingerprint density at radius 1 is 1.53 bits per heavy atom. The number of aliphatic hydroxyl groups is 2. The molecule has 104 valence electrons. The third-order valence-corrected chi connectivity index (χ3v) is 3.31. The predicted octanol–water partition coefficient (Wildman–Crippen LogP) is -1.76. The molecule has 0 spiro atoms. The summed E-state index contributed by atoms with van der Waals surface area (Å²) in [6, 6.07) is 0. The highest BCUT2D eigenvalue weighted by Gasteiger charge is 2.42. The number of carbonyl (C=O) groups is 1. The highest BCUT2D eigenvalue weighted by atomic mass is 16.5. The van der Waals surface area contributed by atoms with Gasteiger partial charge in [-0.2, -0.15) is 0 Å². The summed E-state index contributed by atoms with van der Waals surface area (Å²) in [7, 11) is 0. The molecular formula is C11H14N2O6. The van der Waals surface area contributed by atoms with Gasteiger partial charge >= 0.3 is 5.69 Å². The van der Waals surface area contributed by atoms with E-state index in [1.54, 1.807) is 6.92 Å². The van der Waals surface area contributed by atoms with Crippen molar-refractivity contribution in [1.29, 1.82) is 0 Å². The highest BCUT2D eigenvalue weighted by molar-refractivity contribution is 5.73. The molecule has 4 atom stereocenters. The summed E-state index contributed by atoms with van der Waals surface area (Å²) in [5.41, 5.74) is -1.82. The van der Waals surface area contributed by atoms with Crippen LogP contribution in [0.25, 0.3) is 0 Å². The molecule has 8 heteroatoms. The van der Waals surface area contributed by atoms with Gasteiger partial charge in [0.2, 0.25) is 0 Å². The van der Waals surface area contributed by atoms with Crippen molar-refractivity contribution >= 4 is 6.29 Å². The number of hydrogen-bond donors (Lipinski definition) is 3. The Labute approximate surface area is 107 Å². The van der Waals surface area contributed by atoms with Crippen molar-refractivity contribution in [3.8, 4) is 0 Å². The minimum absolute atomic E-state index is 0.240. The number of aliphatic hydroxyl groups excluding tert-OH is 2. The minimum atomic E-state index is -1.05. The minimum Gasteiger partial charge on any atom is -0.394 e. The maximum absolute atomic E-state index is 11.7. The van der Waals surface area contributed by atoms with Crippen LogP contribution >= 0.6 is 0 Å². The fourth-order valence-electron chi connectivity index (χ4n) is 2.08. The Balaban J connectivity index is 2.46. The third kappa shape index (κ3) is 2.25. The van der Waals surface area contributed by atoms with E-state index < -0.39 is 29.7 Å². The molecule has 2 rings (SSSR count). The van der Waals surface area contributed by atoms with Crippen molar-refractivity contribution in [1.82, 2.24) is 9.55 Å². The van der Waals surface area contributed by atoms with Crippen LogP contribution in [0.3, 0.4) is 0 Å².